The molecule has 0 saturated heterocycles. The SMILES string of the molecule is COC(=O)c1c(C)[nH]c(C(=O)NC(C)c2ccco2)c1C. The third-order valence-corrected chi connectivity index (χ3v) is 3.37. The summed E-state index contributed by atoms with van der Waals surface area (Å²) in [4.78, 5) is 27.0. The van der Waals surface area contributed by atoms with Gasteiger partial charge in [-0.05, 0) is 38.5 Å². The second kappa shape index (κ2) is 5.87. The van der Waals surface area contributed by atoms with Gasteiger partial charge >= 0.3 is 5.97 Å². The standard InChI is InChI=1S/C15H18N2O4/c1-8-12(15(19)20-4)10(3)16-13(8)14(18)17-9(2)11-6-5-7-21-11/h5-7,9,16H,1-4H3,(H,17,18). The first-order chi connectivity index (χ1) is 9.95. The van der Waals surface area contributed by atoms with Crippen molar-refractivity contribution in [1.82, 2.24) is 10.3 Å². The van der Waals surface area contributed by atoms with Crippen LogP contribution in [0.3, 0.4) is 0 Å². The summed E-state index contributed by atoms with van der Waals surface area (Å²) in [5.74, 6) is -0.0912. The number of aromatic amines is 1. The van der Waals surface area contributed by atoms with E-state index >= 15 is 0 Å². The van der Waals surface area contributed by atoms with E-state index in [9.17, 15) is 9.59 Å². The highest BCUT2D eigenvalue weighted by molar-refractivity contribution is 6.00. The van der Waals surface area contributed by atoms with Crippen molar-refractivity contribution in [2.75, 3.05) is 7.11 Å². The molecule has 2 aromatic heterocycles. The molecule has 2 heterocycles. The summed E-state index contributed by atoms with van der Waals surface area (Å²) >= 11 is 0. The average molecular weight is 290 g/mol. The number of rotatable bonds is 4. The summed E-state index contributed by atoms with van der Waals surface area (Å²) in [7, 11) is 1.31. The number of amides is 1. The lowest BCUT2D eigenvalue weighted by atomic mass is 10.1. The Morgan fingerprint density at radius 1 is 1.38 bits per heavy atom. The second-order valence-electron chi connectivity index (χ2n) is 4.83. The average Bonchev–Trinajstić information content (AvgIpc) is 3.06. The lowest BCUT2D eigenvalue weighted by Crippen LogP contribution is -2.27. The Balaban J connectivity index is 2.22. The minimum Gasteiger partial charge on any atom is -0.467 e. The monoisotopic (exact) mass is 290 g/mol. The van der Waals surface area contributed by atoms with Gasteiger partial charge in [-0.1, -0.05) is 0 Å². The largest absolute Gasteiger partial charge is 0.467 e. The Morgan fingerprint density at radius 2 is 2.10 bits per heavy atom. The number of methoxy groups -OCH3 is 1. The van der Waals surface area contributed by atoms with Gasteiger partial charge in [0, 0.05) is 5.69 Å². The molecule has 21 heavy (non-hydrogen) atoms. The molecule has 0 bridgehead atoms. The highest BCUT2D eigenvalue weighted by Crippen LogP contribution is 2.20. The van der Waals surface area contributed by atoms with E-state index in [1.165, 1.54) is 7.11 Å². The van der Waals surface area contributed by atoms with Crippen LogP contribution in [-0.2, 0) is 4.74 Å². The van der Waals surface area contributed by atoms with Gasteiger partial charge in [-0.2, -0.15) is 0 Å². The Hall–Kier alpha value is -2.50. The third kappa shape index (κ3) is 2.84. The minimum atomic E-state index is -0.459. The number of furan rings is 1. The third-order valence-electron chi connectivity index (χ3n) is 3.37. The van der Waals surface area contributed by atoms with Crippen molar-refractivity contribution in [3.05, 3.63) is 46.7 Å². The number of hydrogen-bond acceptors (Lipinski definition) is 4. The molecule has 6 nitrogen and oxygen atoms in total. The molecule has 2 aromatic rings. The normalized spacial score (nSPS) is 12.0. The van der Waals surface area contributed by atoms with E-state index in [1.807, 2.05) is 6.92 Å². The lowest BCUT2D eigenvalue weighted by molar-refractivity contribution is 0.0599. The zero-order valence-corrected chi connectivity index (χ0v) is 12.4. The van der Waals surface area contributed by atoms with Crippen LogP contribution in [0, 0.1) is 13.8 Å². The van der Waals surface area contributed by atoms with Gasteiger partial charge in [-0.15, -0.1) is 0 Å². The molecule has 0 radical (unpaired) electrons. The summed E-state index contributed by atoms with van der Waals surface area (Å²) in [6, 6.07) is 3.28. The van der Waals surface area contributed by atoms with Crippen molar-refractivity contribution in [3.63, 3.8) is 0 Å². The number of esters is 1. The van der Waals surface area contributed by atoms with Crippen LogP contribution in [0.1, 0.15) is 50.8 Å². The molecule has 6 heteroatoms. The number of carbonyl (C=O) groups excluding carboxylic acids is 2. The maximum absolute atomic E-state index is 12.3. The summed E-state index contributed by atoms with van der Waals surface area (Å²) in [5, 5.41) is 2.82. The summed E-state index contributed by atoms with van der Waals surface area (Å²) in [6.45, 7) is 5.26. The van der Waals surface area contributed by atoms with E-state index in [4.69, 9.17) is 9.15 Å². The van der Waals surface area contributed by atoms with E-state index in [1.54, 1.807) is 32.2 Å². The van der Waals surface area contributed by atoms with Gasteiger partial charge in [0.2, 0.25) is 0 Å². The zero-order chi connectivity index (χ0) is 15.6. The number of nitrogens with one attached hydrogen (secondary N) is 2. The van der Waals surface area contributed by atoms with Crippen LogP contribution in [0.4, 0.5) is 0 Å². The lowest BCUT2D eigenvalue weighted by Gasteiger charge is -2.11. The Labute approximate surface area is 122 Å². The van der Waals surface area contributed by atoms with Crippen LogP contribution in [-0.4, -0.2) is 24.0 Å². The molecule has 1 amide bonds. The van der Waals surface area contributed by atoms with Gasteiger partial charge in [-0.25, -0.2) is 4.79 Å². The van der Waals surface area contributed by atoms with Gasteiger partial charge < -0.3 is 19.5 Å². The van der Waals surface area contributed by atoms with Crippen LogP contribution in [0.5, 0.6) is 0 Å². The Bertz CT molecular complexity index is 656. The second-order valence-corrected chi connectivity index (χ2v) is 4.83. The molecular formula is C15H18N2O4. The van der Waals surface area contributed by atoms with Crippen molar-refractivity contribution in [2.45, 2.75) is 26.8 Å². The van der Waals surface area contributed by atoms with Gasteiger partial charge in [0.15, 0.2) is 0 Å². The van der Waals surface area contributed by atoms with Crippen LogP contribution >= 0.6 is 0 Å². The van der Waals surface area contributed by atoms with E-state index in [-0.39, 0.29) is 11.9 Å². The predicted molar refractivity (Wildman–Crippen MR) is 76.2 cm³/mol. The summed E-state index contributed by atoms with van der Waals surface area (Å²) in [5.41, 5.74) is 1.93. The quantitative estimate of drug-likeness (QED) is 0.847. The molecule has 0 spiro atoms. The van der Waals surface area contributed by atoms with Crippen LogP contribution in [0.25, 0.3) is 0 Å². The fourth-order valence-corrected chi connectivity index (χ4v) is 2.26. The first-order valence-electron chi connectivity index (χ1n) is 6.57. The summed E-state index contributed by atoms with van der Waals surface area (Å²) in [6.07, 6.45) is 1.55. The highest BCUT2D eigenvalue weighted by Gasteiger charge is 2.23. The van der Waals surface area contributed by atoms with Gasteiger partial charge in [0.25, 0.3) is 5.91 Å². The minimum absolute atomic E-state index is 0.267. The van der Waals surface area contributed by atoms with Crippen molar-refractivity contribution in [3.8, 4) is 0 Å². The number of aromatic nitrogens is 1. The Morgan fingerprint density at radius 3 is 2.67 bits per heavy atom. The predicted octanol–water partition coefficient (Wildman–Crippen LogP) is 2.50. The maximum atomic E-state index is 12.3. The van der Waals surface area contributed by atoms with E-state index in [0.717, 1.165) is 0 Å². The molecule has 1 unspecified atom stereocenters. The fourth-order valence-electron chi connectivity index (χ4n) is 2.26. The van der Waals surface area contributed by atoms with Crippen LogP contribution in [0.2, 0.25) is 0 Å². The molecule has 0 aliphatic rings. The van der Waals surface area contributed by atoms with Crippen molar-refractivity contribution >= 4 is 11.9 Å². The van der Waals surface area contributed by atoms with E-state index in [2.05, 4.69) is 10.3 Å². The van der Waals surface area contributed by atoms with Crippen molar-refractivity contribution < 1.29 is 18.7 Å². The molecule has 2 N–H and O–H groups in total. The maximum Gasteiger partial charge on any atom is 0.339 e. The molecule has 1 atom stereocenters. The topological polar surface area (TPSA) is 84.3 Å². The molecule has 2 rings (SSSR count). The van der Waals surface area contributed by atoms with Crippen molar-refractivity contribution in [1.29, 1.82) is 0 Å². The van der Waals surface area contributed by atoms with E-state index in [0.29, 0.717) is 28.3 Å². The molecule has 0 saturated carbocycles. The smallest absolute Gasteiger partial charge is 0.339 e. The summed E-state index contributed by atoms with van der Waals surface area (Å²) < 4.78 is 9.97. The van der Waals surface area contributed by atoms with Gasteiger partial charge in [0.05, 0.1) is 25.0 Å². The molecule has 112 valence electrons. The number of aryl methyl sites for hydroxylation is 1. The Kier molecular flexibility index (Phi) is 4.16. The van der Waals surface area contributed by atoms with E-state index < -0.39 is 5.97 Å². The first kappa shape index (κ1) is 14.9. The van der Waals surface area contributed by atoms with Gasteiger partial charge in [-0.3, -0.25) is 4.79 Å². The highest BCUT2D eigenvalue weighted by atomic mass is 16.5. The number of hydrogen-bond donors (Lipinski definition) is 2. The van der Waals surface area contributed by atoms with Crippen molar-refractivity contribution in [2.24, 2.45) is 0 Å². The molecule has 0 aliphatic carbocycles. The number of H-pyrrole nitrogens is 1. The van der Waals surface area contributed by atoms with Crippen LogP contribution in [0.15, 0.2) is 22.8 Å². The molecule has 0 aromatic carbocycles. The van der Waals surface area contributed by atoms with Crippen LogP contribution < -0.4 is 5.32 Å². The fraction of sp³-hybridized carbons (Fsp3) is 0.333. The zero-order valence-electron chi connectivity index (χ0n) is 12.4. The van der Waals surface area contributed by atoms with Gasteiger partial charge in [0.1, 0.15) is 11.5 Å². The number of carbonyl (C=O) groups is 2. The molecule has 0 aliphatic heterocycles. The molecule has 0 fully saturated rings. The number of ether oxygens (including phenoxy) is 1. The first-order valence-corrected chi connectivity index (χ1v) is 6.57. The molecular weight excluding hydrogens is 272 g/mol.